The summed E-state index contributed by atoms with van der Waals surface area (Å²) < 4.78 is 12.9. The Bertz CT molecular complexity index is 367. The molecular formula is C14H18FN. The molecule has 86 valence electrons. The third-order valence-corrected chi connectivity index (χ3v) is 3.06. The standard InChI is InChI=1S/C14H18FN/c1-2-16-14(11-5-3-4-6-11)12-7-9-13(15)10-8-12/h5,7-10,14,16H,2-4,6H2,1H3. The van der Waals surface area contributed by atoms with E-state index in [0.717, 1.165) is 18.5 Å². The monoisotopic (exact) mass is 219 g/mol. The van der Waals surface area contributed by atoms with E-state index in [1.165, 1.54) is 30.5 Å². The highest BCUT2D eigenvalue weighted by Gasteiger charge is 2.17. The van der Waals surface area contributed by atoms with E-state index in [1.807, 2.05) is 12.1 Å². The Labute approximate surface area is 96.4 Å². The lowest BCUT2D eigenvalue weighted by Gasteiger charge is -2.20. The van der Waals surface area contributed by atoms with Crippen molar-refractivity contribution in [2.75, 3.05) is 6.54 Å². The summed E-state index contributed by atoms with van der Waals surface area (Å²) >= 11 is 0. The summed E-state index contributed by atoms with van der Waals surface area (Å²) in [6.07, 6.45) is 5.91. The molecule has 0 spiro atoms. The maximum Gasteiger partial charge on any atom is 0.123 e. The lowest BCUT2D eigenvalue weighted by atomic mass is 9.98. The molecule has 16 heavy (non-hydrogen) atoms. The van der Waals surface area contributed by atoms with Gasteiger partial charge in [0.2, 0.25) is 0 Å². The normalized spacial score (nSPS) is 17.2. The predicted octanol–water partition coefficient (Wildman–Crippen LogP) is 3.59. The van der Waals surface area contributed by atoms with E-state index in [4.69, 9.17) is 0 Å². The minimum Gasteiger partial charge on any atom is -0.307 e. The molecule has 0 heterocycles. The average Bonchev–Trinajstić information content (AvgIpc) is 2.81. The summed E-state index contributed by atoms with van der Waals surface area (Å²) in [4.78, 5) is 0. The van der Waals surface area contributed by atoms with Crippen LogP contribution in [0.25, 0.3) is 0 Å². The summed E-state index contributed by atoms with van der Waals surface area (Å²) in [7, 11) is 0. The molecule has 1 atom stereocenters. The number of rotatable bonds is 4. The lowest BCUT2D eigenvalue weighted by Crippen LogP contribution is -2.22. The SMILES string of the molecule is CCNC(C1=CCCC1)c1ccc(F)cc1. The maximum atomic E-state index is 12.9. The van der Waals surface area contributed by atoms with Crippen molar-refractivity contribution in [2.45, 2.75) is 32.2 Å². The highest BCUT2D eigenvalue weighted by molar-refractivity contribution is 5.30. The van der Waals surface area contributed by atoms with Gasteiger partial charge in [-0.1, -0.05) is 30.7 Å². The van der Waals surface area contributed by atoms with Crippen molar-refractivity contribution >= 4 is 0 Å². The van der Waals surface area contributed by atoms with Crippen LogP contribution in [0.1, 0.15) is 37.8 Å². The molecule has 2 heteroatoms. The van der Waals surface area contributed by atoms with Crippen LogP contribution in [0.3, 0.4) is 0 Å². The third kappa shape index (κ3) is 2.50. The van der Waals surface area contributed by atoms with Crippen LogP contribution in [-0.2, 0) is 0 Å². The van der Waals surface area contributed by atoms with Gasteiger partial charge in [0.05, 0.1) is 6.04 Å². The average molecular weight is 219 g/mol. The van der Waals surface area contributed by atoms with Crippen molar-refractivity contribution in [3.63, 3.8) is 0 Å². The number of nitrogens with one attached hydrogen (secondary N) is 1. The van der Waals surface area contributed by atoms with Gasteiger partial charge < -0.3 is 5.32 Å². The van der Waals surface area contributed by atoms with Crippen LogP contribution in [0, 0.1) is 5.82 Å². The number of hydrogen-bond donors (Lipinski definition) is 1. The largest absolute Gasteiger partial charge is 0.307 e. The second-order valence-corrected chi connectivity index (χ2v) is 4.21. The molecule has 0 saturated carbocycles. The Morgan fingerprint density at radius 3 is 2.62 bits per heavy atom. The number of allylic oxidation sites excluding steroid dienone is 1. The fourth-order valence-corrected chi connectivity index (χ4v) is 2.28. The van der Waals surface area contributed by atoms with Crippen LogP contribution in [0.4, 0.5) is 4.39 Å². The molecule has 1 aromatic carbocycles. The van der Waals surface area contributed by atoms with Crippen molar-refractivity contribution in [1.82, 2.24) is 5.32 Å². The summed E-state index contributed by atoms with van der Waals surface area (Å²) in [5, 5.41) is 3.47. The molecule has 0 aromatic heterocycles. The Balaban J connectivity index is 2.21. The second-order valence-electron chi connectivity index (χ2n) is 4.21. The molecule has 0 saturated heterocycles. The van der Waals surface area contributed by atoms with E-state index in [0.29, 0.717) is 0 Å². The number of likely N-dealkylation sites (N-methyl/N-ethyl adjacent to an activating group) is 1. The second kappa shape index (κ2) is 5.26. The highest BCUT2D eigenvalue weighted by Crippen LogP contribution is 2.30. The van der Waals surface area contributed by atoms with Gasteiger partial charge >= 0.3 is 0 Å². The van der Waals surface area contributed by atoms with E-state index in [2.05, 4.69) is 18.3 Å². The Morgan fingerprint density at radius 1 is 1.31 bits per heavy atom. The van der Waals surface area contributed by atoms with E-state index in [9.17, 15) is 4.39 Å². The molecule has 0 radical (unpaired) electrons. The van der Waals surface area contributed by atoms with E-state index in [1.54, 1.807) is 0 Å². The van der Waals surface area contributed by atoms with Gasteiger partial charge in [-0.15, -0.1) is 0 Å². The van der Waals surface area contributed by atoms with E-state index in [-0.39, 0.29) is 11.9 Å². The molecule has 0 amide bonds. The predicted molar refractivity (Wildman–Crippen MR) is 64.8 cm³/mol. The van der Waals surface area contributed by atoms with Crippen LogP contribution in [0.5, 0.6) is 0 Å². The molecule has 1 N–H and O–H groups in total. The van der Waals surface area contributed by atoms with Gasteiger partial charge in [-0.05, 0) is 43.5 Å². The maximum absolute atomic E-state index is 12.9. The van der Waals surface area contributed by atoms with Crippen LogP contribution in [-0.4, -0.2) is 6.54 Å². The van der Waals surface area contributed by atoms with Gasteiger partial charge in [0.1, 0.15) is 5.82 Å². The summed E-state index contributed by atoms with van der Waals surface area (Å²) in [5.74, 6) is -0.167. The molecule has 1 aliphatic carbocycles. The first-order chi connectivity index (χ1) is 7.81. The molecule has 1 aliphatic rings. The fourth-order valence-electron chi connectivity index (χ4n) is 2.28. The number of halogens is 1. The molecule has 0 bridgehead atoms. The molecule has 1 aromatic rings. The Morgan fingerprint density at radius 2 is 2.06 bits per heavy atom. The van der Waals surface area contributed by atoms with Crippen molar-refractivity contribution in [1.29, 1.82) is 0 Å². The van der Waals surface area contributed by atoms with Gasteiger partial charge in [-0.25, -0.2) is 4.39 Å². The zero-order chi connectivity index (χ0) is 11.4. The zero-order valence-corrected chi connectivity index (χ0v) is 9.67. The van der Waals surface area contributed by atoms with Gasteiger partial charge in [0.25, 0.3) is 0 Å². The minimum atomic E-state index is -0.167. The first-order valence-corrected chi connectivity index (χ1v) is 5.99. The van der Waals surface area contributed by atoms with Crippen molar-refractivity contribution in [3.05, 3.63) is 47.3 Å². The Kier molecular flexibility index (Phi) is 3.73. The topological polar surface area (TPSA) is 12.0 Å². The molecule has 0 fully saturated rings. The van der Waals surface area contributed by atoms with E-state index >= 15 is 0 Å². The molecule has 1 unspecified atom stereocenters. The Hall–Kier alpha value is -1.15. The minimum absolute atomic E-state index is 0.167. The van der Waals surface area contributed by atoms with Crippen LogP contribution >= 0.6 is 0 Å². The lowest BCUT2D eigenvalue weighted by molar-refractivity contribution is 0.598. The summed E-state index contributed by atoms with van der Waals surface area (Å²) in [6.45, 7) is 3.03. The summed E-state index contributed by atoms with van der Waals surface area (Å²) in [6, 6.07) is 7.10. The number of benzene rings is 1. The van der Waals surface area contributed by atoms with Crippen LogP contribution in [0.15, 0.2) is 35.9 Å². The third-order valence-electron chi connectivity index (χ3n) is 3.06. The zero-order valence-electron chi connectivity index (χ0n) is 9.67. The summed E-state index contributed by atoms with van der Waals surface area (Å²) in [5.41, 5.74) is 2.62. The quantitative estimate of drug-likeness (QED) is 0.763. The molecule has 2 rings (SSSR count). The smallest absolute Gasteiger partial charge is 0.123 e. The van der Waals surface area contributed by atoms with Crippen molar-refractivity contribution in [3.8, 4) is 0 Å². The van der Waals surface area contributed by atoms with Crippen LogP contribution < -0.4 is 5.32 Å². The van der Waals surface area contributed by atoms with Crippen molar-refractivity contribution < 1.29 is 4.39 Å². The van der Waals surface area contributed by atoms with Gasteiger partial charge in [-0.2, -0.15) is 0 Å². The van der Waals surface area contributed by atoms with E-state index < -0.39 is 0 Å². The van der Waals surface area contributed by atoms with Gasteiger partial charge in [0, 0.05) is 0 Å². The first-order valence-electron chi connectivity index (χ1n) is 5.99. The first kappa shape index (κ1) is 11.3. The molecular weight excluding hydrogens is 201 g/mol. The fraction of sp³-hybridized carbons (Fsp3) is 0.429. The van der Waals surface area contributed by atoms with Gasteiger partial charge in [0.15, 0.2) is 0 Å². The molecule has 1 nitrogen and oxygen atoms in total. The molecule has 0 aliphatic heterocycles. The van der Waals surface area contributed by atoms with Crippen molar-refractivity contribution in [2.24, 2.45) is 0 Å². The highest BCUT2D eigenvalue weighted by atomic mass is 19.1. The van der Waals surface area contributed by atoms with Gasteiger partial charge in [-0.3, -0.25) is 0 Å². The van der Waals surface area contributed by atoms with Crippen LogP contribution in [0.2, 0.25) is 0 Å². The number of hydrogen-bond acceptors (Lipinski definition) is 1.